The molecule has 0 aromatic heterocycles. The van der Waals surface area contributed by atoms with E-state index in [9.17, 15) is 4.39 Å². The molecule has 0 unspecified atom stereocenters. The zero-order valence-corrected chi connectivity index (χ0v) is 16.3. The van der Waals surface area contributed by atoms with Gasteiger partial charge in [-0.1, -0.05) is 43.2 Å². The van der Waals surface area contributed by atoms with Crippen LogP contribution in [-0.2, 0) is 11.3 Å². The lowest BCUT2D eigenvalue weighted by Crippen LogP contribution is -2.17. The molecule has 2 fully saturated rings. The summed E-state index contributed by atoms with van der Waals surface area (Å²) in [4.78, 5) is 0. The van der Waals surface area contributed by atoms with Crippen molar-refractivity contribution in [3.63, 3.8) is 0 Å². The van der Waals surface area contributed by atoms with E-state index in [2.05, 4.69) is 24.3 Å². The SMILES string of the molecule is COCc1ccc(C2CCC(CCC3CCC(/C=C/F)CC3)CC2)cc1. The normalized spacial score (nSPS) is 29.9. The highest BCUT2D eigenvalue weighted by Gasteiger charge is 2.24. The molecule has 0 N–H and O–H groups in total. The Morgan fingerprint density at radius 1 is 0.885 bits per heavy atom. The highest BCUT2D eigenvalue weighted by atomic mass is 19.1. The quantitative estimate of drug-likeness (QED) is 0.502. The molecule has 2 aliphatic rings. The molecule has 1 aromatic rings. The number of rotatable bonds is 7. The number of ether oxygens (including phenoxy) is 1. The average molecular weight is 359 g/mol. The van der Waals surface area contributed by atoms with Crippen LogP contribution in [0.15, 0.2) is 36.7 Å². The van der Waals surface area contributed by atoms with Crippen molar-refractivity contribution in [2.24, 2.45) is 17.8 Å². The first-order chi connectivity index (χ1) is 12.8. The number of allylic oxidation sites excluding steroid dienone is 1. The van der Waals surface area contributed by atoms with E-state index in [1.54, 1.807) is 13.2 Å². The van der Waals surface area contributed by atoms with Gasteiger partial charge in [0.25, 0.3) is 0 Å². The van der Waals surface area contributed by atoms with Crippen LogP contribution >= 0.6 is 0 Å². The Bertz CT molecular complexity index is 534. The van der Waals surface area contributed by atoms with Gasteiger partial charge in [-0.3, -0.25) is 0 Å². The average Bonchev–Trinajstić information content (AvgIpc) is 2.69. The number of hydrogen-bond acceptors (Lipinski definition) is 1. The van der Waals surface area contributed by atoms with Crippen molar-refractivity contribution >= 4 is 0 Å². The maximum Gasteiger partial charge on any atom is 0.0829 e. The van der Waals surface area contributed by atoms with Crippen LogP contribution in [0, 0.1) is 17.8 Å². The fraction of sp³-hybridized carbons (Fsp3) is 0.667. The minimum absolute atomic E-state index is 0.502. The van der Waals surface area contributed by atoms with Gasteiger partial charge in [0.15, 0.2) is 0 Å². The Labute approximate surface area is 159 Å². The van der Waals surface area contributed by atoms with Crippen molar-refractivity contribution in [2.75, 3.05) is 7.11 Å². The second-order valence-electron chi connectivity index (χ2n) is 8.57. The van der Waals surface area contributed by atoms with Crippen LogP contribution in [0.4, 0.5) is 4.39 Å². The third-order valence-electron chi connectivity index (χ3n) is 6.83. The van der Waals surface area contributed by atoms with Gasteiger partial charge in [0.2, 0.25) is 0 Å². The van der Waals surface area contributed by atoms with Crippen molar-refractivity contribution in [1.82, 2.24) is 0 Å². The van der Waals surface area contributed by atoms with Gasteiger partial charge in [0, 0.05) is 7.11 Å². The van der Waals surface area contributed by atoms with Crippen molar-refractivity contribution in [2.45, 2.75) is 76.7 Å². The molecule has 3 rings (SSSR count). The predicted molar refractivity (Wildman–Crippen MR) is 107 cm³/mol. The zero-order chi connectivity index (χ0) is 18.2. The molecule has 2 heteroatoms. The lowest BCUT2D eigenvalue weighted by atomic mass is 9.74. The van der Waals surface area contributed by atoms with E-state index in [1.807, 2.05) is 0 Å². The predicted octanol–water partition coefficient (Wildman–Crippen LogP) is 7.18. The molecule has 0 bridgehead atoms. The topological polar surface area (TPSA) is 9.23 Å². The summed E-state index contributed by atoms with van der Waals surface area (Å²) in [5, 5.41) is 0. The van der Waals surface area contributed by atoms with Gasteiger partial charge in [-0.15, -0.1) is 0 Å². The van der Waals surface area contributed by atoms with Gasteiger partial charge in [-0.05, 0) is 86.2 Å². The van der Waals surface area contributed by atoms with Gasteiger partial charge in [-0.2, -0.15) is 0 Å². The fourth-order valence-corrected chi connectivity index (χ4v) is 5.08. The van der Waals surface area contributed by atoms with Crippen molar-refractivity contribution in [1.29, 1.82) is 0 Å². The molecule has 2 aliphatic carbocycles. The van der Waals surface area contributed by atoms with Gasteiger partial charge < -0.3 is 4.74 Å². The van der Waals surface area contributed by atoms with Gasteiger partial charge in [0.1, 0.15) is 0 Å². The van der Waals surface area contributed by atoms with Crippen molar-refractivity contribution < 1.29 is 9.13 Å². The molecule has 1 nitrogen and oxygen atoms in total. The van der Waals surface area contributed by atoms with E-state index >= 15 is 0 Å². The molecule has 0 saturated heterocycles. The number of benzene rings is 1. The summed E-state index contributed by atoms with van der Waals surface area (Å²) in [5.74, 6) is 3.08. The highest BCUT2D eigenvalue weighted by Crippen LogP contribution is 2.39. The third kappa shape index (κ3) is 5.67. The van der Waals surface area contributed by atoms with Crippen LogP contribution in [-0.4, -0.2) is 7.11 Å². The third-order valence-corrected chi connectivity index (χ3v) is 6.83. The Kier molecular flexibility index (Phi) is 7.73. The molecular weight excluding hydrogens is 323 g/mol. The highest BCUT2D eigenvalue weighted by molar-refractivity contribution is 5.25. The first-order valence-electron chi connectivity index (χ1n) is 10.6. The van der Waals surface area contributed by atoms with Crippen LogP contribution in [0.25, 0.3) is 0 Å². The van der Waals surface area contributed by atoms with Crippen LogP contribution in [0.1, 0.15) is 81.3 Å². The Morgan fingerprint density at radius 2 is 1.46 bits per heavy atom. The summed E-state index contributed by atoms with van der Waals surface area (Å²) >= 11 is 0. The molecule has 2 saturated carbocycles. The summed E-state index contributed by atoms with van der Waals surface area (Å²) in [7, 11) is 1.75. The van der Waals surface area contributed by atoms with E-state index in [1.165, 1.54) is 75.3 Å². The van der Waals surface area contributed by atoms with E-state index in [0.717, 1.165) is 24.1 Å². The molecule has 0 aliphatic heterocycles. The second-order valence-corrected chi connectivity index (χ2v) is 8.57. The Morgan fingerprint density at radius 3 is 2.00 bits per heavy atom. The molecule has 144 valence electrons. The lowest BCUT2D eigenvalue weighted by Gasteiger charge is -2.31. The maximum absolute atomic E-state index is 12.3. The summed E-state index contributed by atoms with van der Waals surface area (Å²) < 4.78 is 17.5. The summed E-state index contributed by atoms with van der Waals surface area (Å²) in [5.41, 5.74) is 2.78. The number of hydrogen-bond donors (Lipinski definition) is 0. The van der Waals surface area contributed by atoms with Gasteiger partial charge in [-0.25, -0.2) is 4.39 Å². The first-order valence-corrected chi connectivity index (χ1v) is 10.6. The minimum atomic E-state index is 0.502. The fourth-order valence-electron chi connectivity index (χ4n) is 5.08. The van der Waals surface area contributed by atoms with Crippen LogP contribution in [0.3, 0.4) is 0 Å². The van der Waals surface area contributed by atoms with Crippen LogP contribution < -0.4 is 0 Å². The second kappa shape index (κ2) is 10.3. The Hall–Kier alpha value is -1.15. The van der Waals surface area contributed by atoms with Crippen LogP contribution in [0.2, 0.25) is 0 Å². The van der Waals surface area contributed by atoms with E-state index in [-0.39, 0.29) is 0 Å². The monoisotopic (exact) mass is 358 g/mol. The largest absolute Gasteiger partial charge is 0.380 e. The summed E-state index contributed by atoms with van der Waals surface area (Å²) in [6, 6.07) is 9.06. The minimum Gasteiger partial charge on any atom is -0.380 e. The lowest BCUT2D eigenvalue weighted by molar-refractivity contribution is 0.185. The molecular formula is C24H35FO. The number of halogens is 1. The molecule has 0 spiro atoms. The molecule has 0 heterocycles. The van der Waals surface area contributed by atoms with Crippen molar-refractivity contribution in [3.8, 4) is 0 Å². The standard InChI is InChI=1S/C24H35FO/c1-26-18-22-10-14-24(15-11-22)23-12-8-20(9-13-23)3-2-19-4-6-21(7-5-19)16-17-25/h10-11,14-17,19-21,23H,2-9,12-13,18H2,1H3/b17-16+. The summed E-state index contributed by atoms with van der Waals surface area (Å²) in [6.45, 7) is 0.707. The molecule has 1 aromatic carbocycles. The first kappa shape index (κ1) is 19.6. The zero-order valence-electron chi connectivity index (χ0n) is 16.3. The smallest absolute Gasteiger partial charge is 0.0829 e. The van der Waals surface area contributed by atoms with E-state index < -0.39 is 0 Å². The molecule has 0 amide bonds. The van der Waals surface area contributed by atoms with E-state index in [0.29, 0.717) is 12.5 Å². The molecule has 0 atom stereocenters. The maximum atomic E-state index is 12.3. The Balaban J connectivity index is 1.36. The molecule has 0 radical (unpaired) electrons. The van der Waals surface area contributed by atoms with E-state index in [4.69, 9.17) is 4.74 Å². The molecule has 26 heavy (non-hydrogen) atoms. The van der Waals surface area contributed by atoms with Gasteiger partial charge >= 0.3 is 0 Å². The van der Waals surface area contributed by atoms with Crippen LogP contribution in [0.5, 0.6) is 0 Å². The van der Waals surface area contributed by atoms with Gasteiger partial charge in [0.05, 0.1) is 12.9 Å². The summed E-state index contributed by atoms with van der Waals surface area (Å²) in [6.07, 6.45) is 15.8. The van der Waals surface area contributed by atoms with Crippen molar-refractivity contribution in [3.05, 3.63) is 47.8 Å². The number of methoxy groups -OCH3 is 1.